The molecule has 0 unspecified atom stereocenters. The first kappa shape index (κ1) is 22.4. The molecule has 3 aromatic rings. The number of halogens is 2. The Morgan fingerprint density at radius 3 is 2.54 bits per heavy atom. The van der Waals surface area contributed by atoms with Crippen molar-refractivity contribution in [3.63, 3.8) is 0 Å². The van der Waals surface area contributed by atoms with Crippen LogP contribution in [0.1, 0.15) is 5.76 Å². The fraction of sp³-hybridized carbons (Fsp3) is 0.0455. The minimum Gasteiger partial charge on any atom is -0.457 e. The highest BCUT2D eigenvalue weighted by Crippen LogP contribution is 2.38. The topological polar surface area (TPSA) is 141 Å². The van der Waals surface area contributed by atoms with Gasteiger partial charge in [0.05, 0.1) is 15.6 Å². The Hall–Kier alpha value is -4.35. The van der Waals surface area contributed by atoms with Crippen LogP contribution in [0.2, 0.25) is 10.0 Å². The standard InChI is InChI=1S/C22H11Cl2N3O8/c23-14-8-15(24)16(27(31)32)7-12(14)17-4-2-11(35-17)6-13-20(28)25-22(30)26(21(13)29)10-1-3-18-19(5-10)34-9-33-18/h1-8H,9H2,(H,25,28,30)/b13-6+. The van der Waals surface area contributed by atoms with E-state index in [0.29, 0.717) is 11.5 Å². The SMILES string of the molecule is O=C1NC(=O)N(c2ccc3c(c2)OCO3)C(=O)/C1=C/c1ccc(-c2cc([N+](=O)[O-])c(Cl)cc2Cl)o1. The normalized spacial score (nSPS) is 16.1. The molecule has 0 bridgehead atoms. The summed E-state index contributed by atoms with van der Waals surface area (Å²) in [7, 11) is 0. The van der Waals surface area contributed by atoms with Gasteiger partial charge in [0, 0.05) is 17.7 Å². The fourth-order valence-corrected chi connectivity index (χ4v) is 4.05. The smallest absolute Gasteiger partial charge is 0.335 e. The van der Waals surface area contributed by atoms with Crippen LogP contribution in [0.25, 0.3) is 17.4 Å². The Balaban J connectivity index is 1.49. The van der Waals surface area contributed by atoms with Crippen LogP contribution in [-0.4, -0.2) is 29.6 Å². The molecule has 0 radical (unpaired) electrons. The quantitative estimate of drug-likeness (QED) is 0.230. The van der Waals surface area contributed by atoms with E-state index in [1.165, 1.54) is 36.4 Å². The zero-order valence-corrected chi connectivity index (χ0v) is 18.8. The summed E-state index contributed by atoms with van der Waals surface area (Å²) in [4.78, 5) is 49.3. The number of carbonyl (C=O) groups is 3. The summed E-state index contributed by atoms with van der Waals surface area (Å²) in [5.41, 5.74) is -0.405. The van der Waals surface area contributed by atoms with Crippen molar-refractivity contribution in [1.29, 1.82) is 0 Å². The molecule has 2 aliphatic rings. The van der Waals surface area contributed by atoms with Crippen LogP contribution in [0.3, 0.4) is 0 Å². The number of nitro benzene ring substituents is 1. The second-order valence-corrected chi connectivity index (χ2v) is 8.05. The van der Waals surface area contributed by atoms with E-state index in [4.69, 9.17) is 37.1 Å². The number of nitrogens with one attached hydrogen (secondary N) is 1. The van der Waals surface area contributed by atoms with Crippen molar-refractivity contribution in [2.24, 2.45) is 0 Å². The maximum Gasteiger partial charge on any atom is 0.335 e. The van der Waals surface area contributed by atoms with E-state index in [9.17, 15) is 24.5 Å². The lowest BCUT2D eigenvalue weighted by atomic mass is 10.1. The molecule has 0 aliphatic carbocycles. The summed E-state index contributed by atoms with van der Waals surface area (Å²) < 4.78 is 16.2. The number of rotatable bonds is 4. The van der Waals surface area contributed by atoms with Crippen LogP contribution >= 0.6 is 23.2 Å². The molecular formula is C22H11Cl2N3O8. The summed E-state index contributed by atoms with van der Waals surface area (Å²) in [6, 6.07) is 8.76. The molecule has 3 heterocycles. The van der Waals surface area contributed by atoms with E-state index in [1.807, 2.05) is 0 Å². The van der Waals surface area contributed by atoms with E-state index in [2.05, 4.69) is 5.32 Å². The Morgan fingerprint density at radius 1 is 1.00 bits per heavy atom. The Bertz CT molecular complexity index is 1480. The van der Waals surface area contributed by atoms with Crippen LogP contribution in [-0.2, 0) is 9.59 Å². The minimum atomic E-state index is -0.934. The molecule has 0 atom stereocenters. The number of imide groups is 2. The number of amides is 4. The zero-order valence-electron chi connectivity index (χ0n) is 17.2. The number of barbiturate groups is 1. The van der Waals surface area contributed by atoms with Gasteiger partial charge in [-0.3, -0.25) is 25.0 Å². The third-order valence-electron chi connectivity index (χ3n) is 5.13. The molecular weight excluding hydrogens is 505 g/mol. The first-order valence-corrected chi connectivity index (χ1v) is 10.5. The Labute approximate surface area is 205 Å². The van der Waals surface area contributed by atoms with Crippen LogP contribution in [0.5, 0.6) is 11.5 Å². The van der Waals surface area contributed by atoms with E-state index in [1.54, 1.807) is 0 Å². The molecule has 1 fully saturated rings. The maximum absolute atomic E-state index is 13.1. The summed E-state index contributed by atoms with van der Waals surface area (Å²) in [5, 5.41) is 13.3. The van der Waals surface area contributed by atoms with Gasteiger partial charge in [0.1, 0.15) is 22.1 Å². The number of nitrogens with zero attached hydrogens (tertiary/aromatic N) is 2. The van der Waals surface area contributed by atoms with Gasteiger partial charge in [-0.1, -0.05) is 23.2 Å². The highest BCUT2D eigenvalue weighted by molar-refractivity contribution is 6.39. The number of furan rings is 1. The number of nitro groups is 1. The molecule has 1 saturated heterocycles. The van der Waals surface area contributed by atoms with E-state index >= 15 is 0 Å². The van der Waals surface area contributed by atoms with Crippen molar-refractivity contribution in [1.82, 2.24) is 5.32 Å². The summed E-state index contributed by atoms with van der Waals surface area (Å²) in [6.45, 7) is 0.00416. The monoisotopic (exact) mass is 515 g/mol. The first-order chi connectivity index (χ1) is 16.7. The minimum absolute atomic E-state index is 0.00416. The van der Waals surface area contributed by atoms with Gasteiger partial charge in [-0.25, -0.2) is 9.69 Å². The van der Waals surface area contributed by atoms with E-state index in [-0.39, 0.29) is 50.9 Å². The molecule has 176 valence electrons. The Morgan fingerprint density at radius 2 is 1.77 bits per heavy atom. The lowest BCUT2D eigenvalue weighted by molar-refractivity contribution is -0.384. The summed E-state index contributed by atoms with van der Waals surface area (Å²) in [5.74, 6) is -0.822. The van der Waals surface area contributed by atoms with Crippen molar-refractivity contribution in [2.45, 2.75) is 0 Å². The molecule has 2 aromatic carbocycles. The molecule has 5 rings (SSSR count). The van der Waals surface area contributed by atoms with Crippen molar-refractivity contribution >= 4 is 58.5 Å². The highest BCUT2D eigenvalue weighted by Gasteiger charge is 2.37. The molecule has 11 nitrogen and oxygen atoms in total. The fourth-order valence-electron chi connectivity index (χ4n) is 3.50. The number of anilines is 1. The van der Waals surface area contributed by atoms with Crippen LogP contribution in [0.4, 0.5) is 16.2 Å². The summed E-state index contributed by atoms with van der Waals surface area (Å²) >= 11 is 12.0. The molecule has 1 aromatic heterocycles. The number of hydrogen-bond acceptors (Lipinski definition) is 8. The van der Waals surface area contributed by atoms with E-state index in [0.717, 1.165) is 17.0 Å². The molecule has 2 aliphatic heterocycles. The molecule has 0 spiro atoms. The van der Waals surface area contributed by atoms with Gasteiger partial charge in [-0.15, -0.1) is 0 Å². The van der Waals surface area contributed by atoms with Gasteiger partial charge in [-0.05, 0) is 36.4 Å². The zero-order chi connectivity index (χ0) is 24.9. The predicted octanol–water partition coefficient (Wildman–Crippen LogP) is 4.56. The van der Waals surface area contributed by atoms with Crippen LogP contribution in [0, 0.1) is 10.1 Å². The number of hydrogen-bond donors (Lipinski definition) is 1. The van der Waals surface area contributed by atoms with Crippen molar-refractivity contribution < 1.29 is 33.2 Å². The van der Waals surface area contributed by atoms with Crippen molar-refractivity contribution in [3.05, 3.63) is 74.0 Å². The number of fused-ring (bicyclic) bond motifs is 1. The van der Waals surface area contributed by atoms with Crippen molar-refractivity contribution in [3.8, 4) is 22.8 Å². The molecule has 1 N–H and O–H groups in total. The lowest BCUT2D eigenvalue weighted by Crippen LogP contribution is -2.54. The van der Waals surface area contributed by atoms with Crippen LogP contribution < -0.4 is 19.7 Å². The molecule has 35 heavy (non-hydrogen) atoms. The van der Waals surface area contributed by atoms with Gasteiger partial charge in [0.15, 0.2) is 11.5 Å². The predicted molar refractivity (Wildman–Crippen MR) is 122 cm³/mol. The largest absolute Gasteiger partial charge is 0.457 e. The third-order valence-corrected chi connectivity index (χ3v) is 5.74. The highest BCUT2D eigenvalue weighted by atomic mass is 35.5. The van der Waals surface area contributed by atoms with Gasteiger partial charge in [0.25, 0.3) is 17.5 Å². The number of ether oxygens (including phenoxy) is 2. The number of carbonyl (C=O) groups excluding carboxylic acids is 3. The molecule has 0 saturated carbocycles. The van der Waals surface area contributed by atoms with Gasteiger partial charge >= 0.3 is 6.03 Å². The van der Waals surface area contributed by atoms with Crippen LogP contribution in [0.15, 0.2) is 52.5 Å². The average Bonchev–Trinajstić information content (AvgIpc) is 3.45. The Kier molecular flexibility index (Phi) is 5.42. The second-order valence-electron chi connectivity index (χ2n) is 7.24. The maximum atomic E-state index is 13.1. The molecule has 4 amide bonds. The van der Waals surface area contributed by atoms with Gasteiger partial charge in [0.2, 0.25) is 6.79 Å². The number of benzene rings is 2. The van der Waals surface area contributed by atoms with E-state index < -0.39 is 22.8 Å². The lowest BCUT2D eigenvalue weighted by Gasteiger charge is -2.26. The molecule has 13 heteroatoms. The van der Waals surface area contributed by atoms with Crippen molar-refractivity contribution in [2.75, 3.05) is 11.7 Å². The summed E-state index contributed by atoms with van der Waals surface area (Å²) in [6.07, 6.45) is 1.14. The average molecular weight is 516 g/mol. The first-order valence-electron chi connectivity index (χ1n) is 9.77. The van der Waals surface area contributed by atoms with Gasteiger partial charge < -0.3 is 13.9 Å². The van der Waals surface area contributed by atoms with Gasteiger partial charge in [-0.2, -0.15) is 0 Å². The number of urea groups is 1. The second kappa shape index (κ2) is 8.46. The third kappa shape index (κ3) is 3.96.